The van der Waals surface area contributed by atoms with Crippen LogP contribution in [0.4, 0.5) is 5.69 Å². The van der Waals surface area contributed by atoms with Gasteiger partial charge in [-0.15, -0.1) is 0 Å². The van der Waals surface area contributed by atoms with Crippen LogP contribution < -0.4 is 11.1 Å². The molecule has 0 saturated heterocycles. The van der Waals surface area contributed by atoms with Crippen LogP contribution in [-0.4, -0.2) is 17.4 Å². The van der Waals surface area contributed by atoms with Gasteiger partial charge in [0.15, 0.2) is 0 Å². The molecule has 15 heavy (non-hydrogen) atoms. The van der Waals surface area contributed by atoms with Crippen molar-refractivity contribution in [3.63, 3.8) is 0 Å². The van der Waals surface area contributed by atoms with E-state index < -0.39 is 0 Å². The van der Waals surface area contributed by atoms with Crippen LogP contribution in [0, 0.1) is 11.8 Å². The Labute approximate surface area is 92.8 Å². The van der Waals surface area contributed by atoms with Crippen molar-refractivity contribution in [1.82, 2.24) is 10.3 Å². The summed E-state index contributed by atoms with van der Waals surface area (Å²) in [6, 6.07) is 1.62. The molecule has 0 aromatic carbocycles. The molecule has 0 aliphatic heterocycles. The Morgan fingerprint density at radius 1 is 1.73 bits per heavy atom. The molecule has 0 aliphatic carbocycles. The van der Waals surface area contributed by atoms with Gasteiger partial charge >= 0.3 is 0 Å². The summed E-state index contributed by atoms with van der Waals surface area (Å²) in [7, 11) is 0. The lowest BCUT2D eigenvalue weighted by Gasteiger charge is -1.98. The highest BCUT2D eigenvalue weighted by Gasteiger charge is 2.01. The van der Waals surface area contributed by atoms with Crippen LogP contribution in [0.2, 0.25) is 5.15 Å². The number of nitrogens with zero attached hydrogens (tertiary/aromatic N) is 1. The van der Waals surface area contributed by atoms with Crippen molar-refractivity contribution in [2.75, 3.05) is 12.3 Å². The molecule has 1 amide bonds. The van der Waals surface area contributed by atoms with Gasteiger partial charge in [0.05, 0.1) is 17.8 Å². The maximum atomic E-state index is 10.5. The third-order valence-electron chi connectivity index (χ3n) is 1.58. The van der Waals surface area contributed by atoms with E-state index in [1.165, 1.54) is 13.1 Å². The van der Waals surface area contributed by atoms with Gasteiger partial charge in [0.2, 0.25) is 5.91 Å². The zero-order valence-electron chi connectivity index (χ0n) is 8.17. The predicted molar refractivity (Wildman–Crippen MR) is 59.2 cm³/mol. The highest BCUT2D eigenvalue weighted by atomic mass is 35.5. The molecule has 1 rings (SSSR count). The highest BCUT2D eigenvalue weighted by Crippen LogP contribution is 2.17. The van der Waals surface area contributed by atoms with Crippen LogP contribution in [-0.2, 0) is 4.79 Å². The molecule has 3 N–H and O–H groups in total. The summed E-state index contributed by atoms with van der Waals surface area (Å²) >= 11 is 5.79. The Hall–Kier alpha value is -1.73. The number of anilines is 1. The van der Waals surface area contributed by atoms with E-state index in [1.807, 2.05) is 0 Å². The van der Waals surface area contributed by atoms with E-state index in [2.05, 4.69) is 22.1 Å². The van der Waals surface area contributed by atoms with Crippen molar-refractivity contribution in [3.05, 3.63) is 23.0 Å². The lowest BCUT2D eigenvalue weighted by Crippen LogP contribution is -2.19. The molecule has 4 nitrogen and oxygen atoms in total. The fourth-order valence-electron chi connectivity index (χ4n) is 0.875. The number of rotatable bonds is 1. The van der Waals surface area contributed by atoms with Crippen LogP contribution in [0.3, 0.4) is 0 Å². The minimum atomic E-state index is -0.130. The van der Waals surface area contributed by atoms with Crippen molar-refractivity contribution in [2.45, 2.75) is 6.92 Å². The average molecular weight is 224 g/mol. The summed E-state index contributed by atoms with van der Waals surface area (Å²) < 4.78 is 0. The molecular weight excluding hydrogens is 214 g/mol. The van der Waals surface area contributed by atoms with E-state index in [9.17, 15) is 4.79 Å². The van der Waals surface area contributed by atoms with Gasteiger partial charge in [0.1, 0.15) is 5.15 Å². The standard InChI is InChI=1S/C10H10ClN3O/c1-7(15)13-5-2-3-8-9(12)4-6-14-10(8)11/h4,6H,5H2,1H3,(H2,12,14)(H,13,15). The lowest BCUT2D eigenvalue weighted by atomic mass is 10.2. The lowest BCUT2D eigenvalue weighted by molar-refractivity contribution is -0.118. The van der Waals surface area contributed by atoms with Crippen LogP contribution in [0.15, 0.2) is 12.3 Å². The Balaban J connectivity index is 2.75. The molecule has 78 valence electrons. The maximum absolute atomic E-state index is 10.5. The van der Waals surface area contributed by atoms with E-state index in [-0.39, 0.29) is 17.6 Å². The van der Waals surface area contributed by atoms with Gasteiger partial charge in [-0.25, -0.2) is 4.98 Å². The number of aromatic nitrogens is 1. The number of amides is 1. The van der Waals surface area contributed by atoms with Crippen LogP contribution >= 0.6 is 11.6 Å². The SMILES string of the molecule is CC(=O)NCC#Cc1c(N)ccnc1Cl. The Morgan fingerprint density at radius 3 is 3.07 bits per heavy atom. The Morgan fingerprint density at radius 2 is 2.47 bits per heavy atom. The fraction of sp³-hybridized carbons (Fsp3) is 0.200. The topological polar surface area (TPSA) is 68.0 Å². The number of carbonyl (C=O) groups excluding carboxylic acids is 1. The first-order valence-electron chi connectivity index (χ1n) is 4.24. The number of nitrogen functional groups attached to an aromatic ring is 1. The normalized spacial score (nSPS) is 8.93. The van der Waals surface area contributed by atoms with E-state index in [4.69, 9.17) is 17.3 Å². The summed E-state index contributed by atoms with van der Waals surface area (Å²) in [4.78, 5) is 14.4. The average Bonchev–Trinajstić information content (AvgIpc) is 2.15. The molecule has 0 saturated carbocycles. The molecule has 0 bridgehead atoms. The van der Waals surface area contributed by atoms with Crippen molar-refractivity contribution >= 4 is 23.2 Å². The summed E-state index contributed by atoms with van der Waals surface area (Å²) in [5.41, 5.74) is 6.62. The van der Waals surface area contributed by atoms with E-state index in [1.54, 1.807) is 6.07 Å². The Bertz CT molecular complexity index is 414. The number of halogens is 1. The summed E-state index contributed by atoms with van der Waals surface area (Å²) in [6.07, 6.45) is 1.51. The number of hydrogen-bond donors (Lipinski definition) is 2. The van der Waals surface area contributed by atoms with Gasteiger partial charge in [-0.1, -0.05) is 23.4 Å². The predicted octanol–water partition coefficient (Wildman–Crippen LogP) is 0.805. The molecule has 1 aromatic rings. The van der Waals surface area contributed by atoms with Gasteiger partial charge in [0.25, 0.3) is 0 Å². The molecular formula is C10H10ClN3O. The second-order valence-corrected chi connectivity index (χ2v) is 3.14. The molecule has 0 radical (unpaired) electrons. The van der Waals surface area contributed by atoms with Crippen molar-refractivity contribution in [3.8, 4) is 11.8 Å². The minimum Gasteiger partial charge on any atom is -0.398 e. The molecule has 0 unspecified atom stereocenters. The molecule has 0 atom stereocenters. The third kappa shape index (κ3) is 3.49. The zero-order valence-corrected chi connectivity index (χ0v) is 8.93. The zero-order chi connectivity index (χ0) is 11.3. The summed E-state index contributed by atoms with van der Waals surface area (Å²) in [6.45, 7) is 1.69. The molecule has 0 fully saturated rings. The van der Waals surface area contributed by atoms with Crippen LogP contribution in [0.25, 0.3) is 0 Å². The quantitative estimate of drug-likeness (QED) is 0.547. The number of nitrogens with two attached hydrogens (primary N) is 1. The van der Waals surface area contributed by atoms with Crippen molar-refractivity contribution in [1.29, 1.82) is 0 Å². The third-order valence-corrected chi connectivity index (χ3v) is 1.86. The maximum Gasteiger partial charge on any atom is 0.217 e. The first-order chi connectivity index (χ1) is 7.11. The second kappa shape index (κ2) is 5.23. The van der Waals surface area contributed by atoms with E-state index in [0.717, 1.165) is 0 Å². The molecule has 5 heteroatoms. The first kappa shape index (κ1) is 11.3. The number of carbonyl (C=O) groups is 1. The number of nitrogens with one attached hydrogen (secondary N) is 1. The molecule has 0 spiro atoms. The van der Waals surface area contributed by atoms with E-state index in [0.29, 0.717) is 11.3 Å². The largest absolute Gasteiger partial charge is 0.398 e. The monoisotopic (exact) mass is 223 g/mol. The van der Waals surface area contributed by atoms with Gasteiger partial charge in [0, 0.05) is 13.1 Å². The highest BCUT2D eigenvalue weighted by molar-refractivity contribution is 6.30. The van der Waals surface area contributed by atoms with Gasteiger partial charge in [-0.2, -0.15) is 0 Å². The summed E-state index contributed by atoms with van der Waals surface area (Å²) in [5, 5.41) is 2.81. The van der Waals surface area contributed by atoms with Crippen LogP contribution in [0.5, 0.6) is 0 Å². The van der Waals surface area contributed by atoms with Crippen LogP contribution in [0.1, 0.15) is 12.5 Å². The number of pyridine rings is 1. The van der Waals surface area contributed by atoms with Crippen molar-refractivity contribution in [2.24, 2.45) is 0 Å². The Kier molecular flexibility index (Phi) is 3.95. The summed E-state index contributed by atoms with van der Waals surface area (Å²) in [5.74, 6) is 5.35. The van der Waals surface area contributed by atoms with Gasteiger partial charge in [-0.3, -0.25) is 4.79 Å². The minimum absolute atomic E-state index is 0.130. The van der Waals surface area contributed by atoms with E-state index >= 15 is 0 Å². The smallest absolute Gasteiger partial charge is 0.217 e. The van der Waals surface area contributed by atoms with Gasteiger partial charge in [-0.05, 0) is 6.07 Å². The second-order valence-electron chi connectivity index (χ2n) is 2.78. The molecule has 0 aliphatic rings. The van der Waals surface area contributed by atoms with Crippen molar-refractivity contribution < 1.29 is 4.79 Å². The molecule has 1 heterocycles. The molecule has 1 aromatic heterocycles. The first-order valence-corrected chi connectivity index (χ1v) is 4.62. The fourth-order valence-corrected chi connectivity index (χ4v) is 1.09. The van der Waals surface area contributed by atoms with Gasteiger partial charge < -0.3 is 11.1 Å². The number of hydrogen-bond acceptors (Lipinski definition) is 3.